The van der Waals surface area contributed by atoms with Crippen molar-refractivity contribution in [2.75, 3.05) is 0 Å². The van der Waals surface area contributed by atoms with E-state index in [0.717, 1.165) is 12.0 Å². The van der Waals surface area contributed by atoms with E-state index in [9.17, 15) is 4.39 Å². The Morgan fingerprint density at radius 3 is 2.87 bits per heavy atom. The van der Waals surface area contributed by atoms with Crippen LogP contribution in [0.4, 0.5) is 4.39 Å². The van der Waals surface area contributed by atoms with Crippen molar-refractivity contribution in [2.24, 2.45) is 0 Å². The third-order valence-electron chi connectivity index (χ3n) is 2.21. The molecule has 15 heavy (non-hydrogen) atoms. The molecular formula is C12H10BrFS. The summed E-state index contributed by atoms with van der Waals surface area (Å²) in [4.78, 5) is 0.269. The van der Waals surface area contributed by atoms with E-state index in [0.29, 0.717) is 0 Å². The van der Waals surface area contributed by atoms with Gasteiger partial charge >= 0.3 is 0 Å². The van der Waals surface area contributed by atoms with Crippen molar-refractivity contribution >= 4 is 27.3 Å². The van der Waals surface area contributed by atoms with Crippen LogP contribution in [0.25, 0.3) is 0 Å². The molecule has 0 amide bonds. The monoisotopic (exact) mass is 284 g/mol. The van der Waals surface area contributed by atoms with Crippen molar-refractivity contribution in [3.63, 3.8) is 0 Å². The first kappa shape index (κ1) is 10.8. The molecule has 0 nitrogen and oxygen atoms in total. The third kappa shape index (κ3) is 2.89. The second-order valence-corrected chi connectivity index (χ2v) is 5.24. The van der Waals surface area contributed by atoms with Gasteiger partial charge in [0, 0.05) is 4.83 Å². The summed E-state index contributed by atoms with van der Waals surface area (Å²) in [6.45, 7) is 0. The minimum absolute atomic E-state index is 0.169. The van der Waals surface area contributed by atoms with E-state index in [1.807, 2.05) is 6.07 Å². The molecule has 1 heterocycles. The maximum Gasteiger partial charge on any atom is 0.123 e. The summed E-state index contributed by atoms with van der Waals surface area (Å²) in [5.41, 5.74) is 2.27. The van der Waals surface area contributed by atoms with Crippen LogP contribution in [0.15, 0.2) is 41.1 Å². The number of hydrogen-bond donors (Lipinski definition) is 0. The van der Waals surface area contributed by atoms with Crippen LogP contribution in [0.5, 0.6) is 0 Å². The Morgan fingerprint density at radius 2 is 2.20 bits per heavy atom. The first-order valence-electron chi connectivity index (χ1n) is 4.66. The Labute approximate surface area is 101 Å². The fraction of sp³-hybridized carbons (Fsp3) is 0.167. The Hall–Kier alpha value is -0.670. The minimum atomic E-state index is -0.169. The van der Waals surface area contributed by atoms with Crippen molar-refractivity contribution in [3.8, 4) is 0 Å². The molecule has 0 radical (unpaired) electrons. The first-order chi connectivity index (χ1) is 7.25. The van der Waals surface area contributed by atoms with E-state index in [1.54, 1.807) is 23.5 Å². The molecule has 1 aromatic carbocycles. The van der Waals surface area contributed by atoms with E-state index >= 15 is 0 Å². The molecule has 1 aromatic heterocycles. The van der Waals surface area contributed by atoms with E-state index in [-0.39, 0.29) is 10.6 Å². The van der Waals surface area contributed by atoms with E-state index < -0.39 is 0 Å². The summed E-state index contributed by atoms with van der Waals surface area (Å²) in [6.07, 6.45) is 0.814. The summed E-state index contributed by atoms with van der Waals surface area (Å²) in [7, 11) is 0. The normalized spacial score (nSPS) is 12.7. The van der Waals surface area contributed by atoms with Gasteiger partial charge in [-0.2, -0.15) is 11.3 Å². The standard InChI is InChI=1S/C12H10BrFS/c13-12(10-4-5-15-8-10)7-9-2-1-3-11(14)6-9/h1-6,8,12H,7H2. The average Bonchev–Trinajstić information content (AvgIpc) is 2.70. The van der Waals surface area contributed by atoms with Gasteiger partial charge in [-0.25, -0.2) is 4.39 Å². The number of hydrogen-bond acceptors (Lipinski definition) is 1. The molecule has 0 aliphatic rings. The minimum Gasteiger partial charge on any atom is -0.207 e. The van der Waals surface area contributed by atoms with Gasteiger partial charge in [0.15, 0.2) is 0 Å². The zero-order valence-electron chi connectivity index (χ0n) is 7.99. The molecule has 2 aromatic rings. The highest BCUT2D eigenvalue weighted by Crippen LogP contribution is 2.28. The van der Waals surface area contributed by atoms with Gasteiger partial charge < -0.3 is 0 Å². The molecule has 0 saturated carbocycles. The van der Waals surface area contributed by atoms with Crippen LogP contribution in [-0.4, -0.2) is 0 Å². The lowest BCUT2D eigenvalue weighted by atomic mass is 10.1. The highest BCUT2D eigenvalue weighted by Gasteiger charge is 2.08. The largest absolute Gasteiger partial charge is 0.207 e. The highest BCUT2D eigenvalue weighted by molar-refractivity contribution is 9.09. The number of halogens is 2. The third-order valence-corrected chi connectivity index (χ3v) is 3.76. The Morgan fingerprint density at radius 1 is 1.33 bits per heavy atom. The highest BCUT2D eigenvalue weighted by atomic mass is 79.9. The van der Waals surface area contributed by atoms with Gasteiger partial charge in [0.1, 0.15) is 5.82 Å². The van der Waals surface area contributed by atoms with Crippen LogP contribution in [-0.2, 0) is 6.42 Å². The maximum atomic E-state index is 12.9. The summed E-state index contributed by atoms with van der Waals surface area (Å²) in [5, 5.41) is 4.16. The molecule has 2 rings (SSSR count). The van der Waals surface area contributed by atoms with Gasteiger partial charge in [0.2, 0.25) is 0 Å². The molecule has 0 aliphatic heterocycles. The van der Waals surface area contributed by atoms with E-state index in [4.69, 9.17) is 0 Å². The zero-order chi connectivity index (χ0) is 10.7. The number of thiophene rings is 1. The van der Waals surface area contributed by atoms with E-state index in [2.05, 4.69) is 32.8 Å². The van der Waals surface area contributed by atoms with Crippen LogP contribution in [0.1, 0.15) is 16.0 Å². The van der Waals surface area contributed by atoms with Gasteiger partial charge in [-0.15, -0.1) is 0 Å². The number of benzene rings is 1. The van der Waals surface area contributed by atoms with Crippen LogP contribution in [0, 0.1) is 5.82 Å². The van der Waals surface area contributed by atoms with Gasteiger partial charge in [-0.05, 0) is 46.5 Å². The van der Waals surface area contributed by atoms with Crippen LogP contribution in [0.2, 0.25) is 0 Å². The van der Waals surface area contributed by atoms with Crippen molar-refractivity contribution < 1.29 is 4.39 Å². The Balaban J connectivity index is 2.09. The second kappa shape index (κ2) is 4.90. The SMILES string of the molecule is Fc1cccc(CC(Br)c2ccsc2)c1. The molecule has 1 unspecified atom stereocenters. The number of rotatable bonds is 3. The predicted molar refractivity (Wildman–Crippen MR) is 66.1 cm³/mol. The topological polar surface area (TPSA) is 0 Å². The van der Waals surface area contributed by atoms with Crippen LogP contribution in [0.3, 0.4) is 0 Å². The van der Waals surface area contributed by atoms with Crippen molar-refractivity contribution in [3.05, 3.63) is 58.0 Å². The lowest BCUT2D eigenvalue weighted by Crippen LogP contribution is -1.94. The summed E-state index contributed by atoms with van der Waals surface area (Å²) in [5.74, 6) is -0.169. The molecule has 78 valence electrons. The summed E-state index contributed by atoms with van der Waals surface area (Å²) >= 11 is 5.29. The average molecular weight is 285 g/mol. The molecule has 0 saturated heterocycles. The second-order valence-electron chi connectivity index (χ2n) is 3.36. The molecule has 0 aliphatic carbocycles. The predicted octanol–water partition coefficient (Wildman–Crippen LogP) is 4.57. The fourth-order valence-corrected chi connectivity index (χ4v) is 2.99. The summed E-state index contributed by atoms with van der Waals surface area (Å²) < 4.78 is 12.9. The molecule has 0 bridgehead atoms. The quantitative estimate of drug-likeness (QED) is 0.725. The Bertz CT molecular complexity index is 425. The fourth-order valence-electron chi connectivity index (χ4n) is 1.44. The molecule has 0 N–H and O–H groups in total. The smallest absolute Gasteiger partial charge is 0.123 e. The van der Waals surface area contributed by atoms with Gasteiger partial charge in [-0.3, -0.25) is 0 Å². The summed E-state index contributed by atoms with van der Waals surface area (Å²) in [6, 6.07) is 8.84. The maximum absolute atomic E-state index is 12.9. The van der Waals surface area contributed by atoms with Crippen LogP contribution < -0.4 is 0 Å². The molecule has 1 atom stereocenters. The van der Waals surface area contributed by atoms with Crippen molar-refractivity contribution in [1.82, 2.24) is 0 Å². The molecule has 0 spiro atoms. The Kier molecular flexibility index (Phi) is 3.54. The van der Waals surface area contributed by atoms with Gasteiger partial charge in [0.05, 0.1) is 0 Å². The zero-order valence-corrected chi connectivity index (χ0v) is 10.4. The van der Waals surface area contributed by atoms with Gasteiger partial charge in [-0.1, -0.05) is 28.1 Å². The van der Waals surface area contributed by atoms with Crippen molar-refractivity contribution in [1.29, 1.82) is 0 Å². The molecular weight excluding hydrogens is 275 g/mol. The van der Waals surface area contributed by atoms with Gasteiger partial charge in [0.25, 0.3) is 0 Å². The molecule has 0 fully saturated rings. The number of alkyl halides is 1. The lowest BCUT2D eigenvalue weighted by molar-refractivity contribution is 0.625. The first-order valence-corrected chi connectivity index (χ1v) is 6.52. The van der Waals surface area contributed by atoms with Crippen LogP contribution >= 0.6 is 27.3 Å². The van der Waals surface area contributed by atoms with E-state index in [1.165, 1.54) is 11.6 Å². The molecule has 3 heteroatoms. The van der Waals surface area contributed by atoms with Crippen molar-refractivity contribution in [2.45, 2.75) is 11.2 Å². The lowest BCUT2D eigenvalue weighted by Gasteiger charge is -2.07.